The molecule has 8 heteroatoms. The van der Waals surface area contributed by atoms with Crippen molar-refractivity contribution in [3.8, 4) is 0 Å². The van der Waals surface area contributed by atoms with E-state index in [9.17, 15) is 9.59 Å². The van der Waals surface area contributed by atoms with Crippen molar-refractivity contribution in [2.45, 2.75) is 31.9 Å². The van der Waals surface area contributed by atoms with Crippen molar-refractivity contribution in [2.75, 3.05) is 18.9 Å². The molecule has 1 aromatic carbocycles. The summed E-state index contributed by atoms with van der Waals surface area (Å²) in [7, 11) is 0. The summed E-state index contributed by atoms with van der Waals surface area (Å²) in [5.41, 5.74) is 8.64. The van der Waals surface area contributed by atoms with E-state index < -0.39 is 0 Å². The SMILES string of the molecule is Nc1c(C(=O)NCCc2ccccc2)cc2c(=O)n3ccccc3nc2[n+]1CC1CCCO1. The molecule has 0 bridgehead atoms. The fraction of sp³-hybridized carbons (Fsp3) is 0.280. The average Bonchev–Trinajstić information content (AvgIpc) is 3.35. The van der Waals surface area contributed by atoms with Crippen LogP contribution >= 0.6 is 0 Å². The Morgan fingerprint density at radius 3 is 2.82 bits per heavy atom. The van der Waals surface area contributed by atoms with Crippen LogP contribution in [0.2, 0.25) is 0 Å². The summed E-state index contributed by atoms with van der Waals surface area (Å²) < 4.78 is 9.04. The Morgan fingerprint density at radius 1 is 1.21 bits per heavy atom. The van der Waals surface area contributed by atoms with Crippen LogP contribution in [-0.2, 0) is 17.7 Å². The van der Waals surface area contributed by atoms with Gasteiger partial charge in [-0.15, -0.1) is 0 Å². The number of nitrogens with two attached hydrogens (primary N) is 1. The molecule has 4 heterocycles. The van der Waals surface area contributed by atoms with Gasteiger partial charge in [-0.1, -0.05) is 41.4 Å². The van der Waals surface area contributed by atoms with E-state index in [-0.39, 0.29) is 29.0 Å². The van der Waals surface area contributed by atoms with E-state index in [1.807, 2.05) is 36.4 Å². The lowest BCUT2D eigenvalue weighted by Gasteiger charge is -2.15. The first kappa shape index (κ1) is 21.1. The van der Waals surface area contributed by atoms with E-state index in [4.69, 9.17) is 15.5 Å². The van der Waals surface area contributed by atoms with Gasteiger partial charge in [-0.3, -0.25) is 14.0 Å². The third-order valence-corrected chi connectivity index (χ3v) is 6.06. The van der Waals surface area contributed by atoms with Gasteiger partial charge in [0.2, 0.25) is 11.5 Å². The molecule has 168 valence electrons. The van der Waals surface area contributed by atoms with Crippen molar-refractivity contribution < 1.29 is 14.1 Å². The number of ether oxygens (including phenoxy) is 1. The maximum atomic E-state index is 13.3. The largest absolute Gasteiger partial charge is 0.375 e. The maximum Gasteiger partial charge on any atom is 0.278 e. The number of carbonyl (C=O) groups is 1. The monoisotopic (exact) mass is 444 g/mol. The number of nitrogens with zero attached hydrogens (tertiary/aromatic N) is 3. The summed E-state index contributed by atoms with van der Waals surface area (Å²) in [5.74, 6) is -0.0358. The van der Waals surface area contributed by atoms with E-state index in [1.165, 1.54) is 4.40 Å². The number of nitrogen functional groups attached to an aromatic ring is 1. The van der Waals surface area contributed by atoms with Crippen LogP contribution in [0, 0.1) is 0 Å². The molecule has 3 aromatic heterocycles. The Kier molecular flexibility index (Phi) is 5.75. The molecule has 1 amide bonds. The standard InChI is InChI=1S/C25H25N5O3/c26-22-19(24(31)27-12-11-17-7-2-1-3-8-17)15-20-23(30(22)16-18-9-6-14-33-18)28-21-10-4-5-13-29(21)25(20)32/h1-5,7-8,10,13,15,18,26H,6,9,11-12,14,16H2,(H,27,31)/p+1. The summed E-state index contributed by atoms with van der Waals surface area (Å²) >= 11 is 0. The average molecular weight is 445 g/mol. The molecule has 1 fully saturated rings. The first-order chi connectivity index (χ1) is 16.1. The second-order valence-electron chi connectivity index (χ2n) is 8.26. The minimum atomic E-state index is -0.316. The summed E-state index contributed by atoms with van der Waals surface area (Å²) in [6.45, 7) is 1.59. The first-order valence-electron chi connectivity index (χ1n) is 11.2. The molecule has 3 N–H and O–H groups in total. The predicted octanol–water partition coefficient (Wildman–Crippen LogP) is 1.87. The number of aromatic nitrogens is 3. The van der Waals surface area contributed by atoms with Gasteiger partial charge in [0, 0.05) is 19.3 Å². The highest BCUT2D eigenvalue weighted by atomic mass is 16.5. The molecule has 4 aromatic rings. The quantitative estimate of drug-likeness (QED) is 0.349. The fourth-order valence-corrected chi connectivity index (χ4v) is 4.32. The first-order valence-corrected chi connectivity index (χ1v) is 11.2. The van der Waals surface area contributed by atoms with Crippen molar-refractivity contribution in [3.63, 3.8) is 0 Å². The number of rotatable bonds is 6. The van der Waals surface area contributed by atoms with Crippen LogP contribution in [0.5, 0.6) is 0 Å². The Hall–Kier alpha value is -3.78. The van der Waals surface area contributed by atoms with Crippen molar-refractivity contribution in [1.29, 1.82) is 0 Å². The van der Waals surface area contributed by atoms with E-state index in [2.05, 4.69) is 5.32 Å². The van der Waals surface area contributed by atoms with Crippen LogP contribution in [0.4, 0.5) is 5.82 Å². The van der Waals surface area contributed by atoms with Crippen LogP contribution in [0.1, 0.15) is 28.8 Å². The van der Waals surface area contributed by atoms with Crippen LogP contribution in [0.15, 0.2) is 65.6 Å². The number of carbonyl (C=O) groups excluding carboxylic acids is 1. The molecule has 0 aliphatic carbocycles. The molecule has 1 aliphatic heterocycles. The van der Waals surface area contributed by atoms with Crippen LogP contribution in [-0.4, -0.2) is 34.5 Å². The van der Waals surface area contributed by atoms with E-state index in [0.29, 0.717) is 42.8 Å². The highest BCUT2D eigenvalue weighted by Crippen LogP contribution is 2.18. The van der Waals surface area contributed by atoms with Crippen molar-refractivity contribution in [2.24, 2.45) is 0 Å². The minimum Gasteiger partial charge on any atom is -0.375 e. The van der Waals surface area contributed by atoms with Crippen LogP contribution in [0.3, 0.4) is 0 Å². The summed E-state index contributed by atoms with van der Waals surface area (Å²) in [4.78, 5) is 31.1. The number of pyridine rings is 2. The molecule has 8 nitrogen and oxygen atoms in total. The topological polar surface area (TPSA) is 103 Å². The Labute approximate surface area is 190 Å². The van der Waals surface area contributed by atoms with E-state index in [1.54, 1.807) is 29.0 Å². The molecule has 0 spiro atoms. The zero-order valence-electron chi connectivity index (χ0n) is 18.2. The fourth-order valence-electron chi connectivity index (χ4n) is 4.32. The molecule has 33 heavy (non-hydrogen) atoms. The Morgan fingerprint density at radius 2 is 2.03 bits per heavy atom. The number of fused-ring (bicyclic) bond motifs is 2. The number of anilines is 1. The number of hydrogen-bond donors (Lipinski definition) is 2. The molecular weight excluding hydrogens is 418 g/mol. The van der Waals surface area contributed by atoms with Crippen LogP contribution < -0.4 is 21.2 Å². The summed E-state index contributed by atoms with van der Waals surface area (Å²) in [5, 5.41) is 3.28. The second kappa shape index (κ2) is 8.99. The maximum absolute atomic E-state index is 13.3. The molecule has 5 rings (SSSR count). The van der Waals surface area contributed by atoms with Crippen LogP contribution in [0.25, 0.3) is 16.7 Å². The van der Waals surface area contributed by atoms with Crippen molar-refractivity contribution >= 4 is 28.4 Å². The van der Waals surface area contributed by atoms with Crippen molar-refractivity contribution in [1.82, 2.24) is 14.7 Å². The van der Waals surface area contributed by atoms with E-state index in [0.717, 1.165) is 18.4 Å². The van der Waals surface area contributed by atoms with Gasteiger partial charge >= 0.3 is 0 Å². The zero-order chi connectivity index (χ0) is 22.8. The highest BCUT2D eigenvalue weighted by molar-refractivity contribution is 6.00. The smallest absolute Gasteiger partial charge is 0.278 e. The number of benzene rings is 1. The molecule has 1 aliphatic rings. The molecule has 0 radical (unpaired) electrons. The zero-order valence-corrected chi connectivity index (χ0v) is 18.2. The highest BCUT2D eigenvalue weighted by Gasteiger charge is 2.27. The summed E-state index contributed by atoms with van der Waals surface area (Å²) in [6, 6.07) is 16.9. The van der Waals surface area contributed by atoms with Gasteiger partial charge in [-0.25, -0.2) is 4.57 Å². The van der Waals surface area contributed by atoms with Gasteiger partial charge in [0.25, 0.3) is 17.1 Å². The van der Waals surface area contributed by atoms with Gasteiger partial charge in [0.05, 0.1) is 12.6 Å². The Bertz CT molecular complexity index is 1380. The van der Waals surface area contributed by atoms with E-state index >= 15 is 0 Å². The lowest BCUT2D eigenvalue weighted by Crippen LogP contribution is -2.46. The van der Waals surface area contributed by atoms with Gasteiger partial charge in [0.15, 0.2) is 0 Å². The van der Waals surface area contributed by atoms with Gasteiger partial charge < -0.3 is 15.8 Å². The third-order valence-electron chi connectivity index (χ3n) is 6.06. The third kappa shape index (κ3) is 4.17. The molecular formula is C25H26N5O3+. The Balaban J connectivity index is 1.55. The summed E-state index contributed by atoms with van der Waals surface area (Å²) in [6.07, 6.45) is 4.21. The molecule has 1 unspecified atom stereocenters. The van der Waals surface area contributed by atoms with Gasteiger partial charge in [-0.05, 0) is 43.0 Å². The molecule has 1 atom stereocenters. The lowest BCUT2D eigenvalue weighted by molar-refractivity contribution is -0.666. The normalized spacial score (nSPS) is 15.8. The molecule has 0 saturated carbocycles. The number of hydrogen-bond acceptors (Lipinski definition) is 5. The van der Waals surface area contributed by atoms with Gasteiger partial charge in [-0.2, -0.15) is 0 Å². The lowest BCUT2D eigenvalue weighted by atomic mass is 10.1. The second-order valence-corrected chi connectivity index (χ2v) is 8.26. The van der Waals surface area contributed by atoms with Crippen molar-refractivity contribution in [3.05, 3.63) is 82.3 Å². The van der Waals surface area contributed by atoms with Gasteiger partial charge in [0.1, 0.15) is 10.9 Å². The minimum absolute atomic E-state index is 0.0343. The predicted molar refractivity (Wildman–Crippen MR) is 125 cm³/mol. The number of amides is 1. The molecule has 1 saturated heterocycles. The number of nitrogens with one attached hydrogen (secondary N) is 1.